The molecule has 39 heavy (non-hydrogen) atoms. The molecule has 1 atom stereocenters. The maximum atomic E-state index is 13.6. The summed E-state index contributed by atoms with van der Waals surface area (Å²) in [6.07, 6.45) is 4.18. The van der Waals surface area contributed by atoms with Crippen molar-refractivity contribution in [2.45, 2.75) is 49.7 Å². The molecule has 0 amide bonds. The lowest BCUT2D eigenvalue weighted by Gasteiger charge is -2.35. The minimum atomic E-state index is -4.02. The van der Waals surface area contributed by atoms with Gasteiger partial charge in [0, 0.05) is 50.1 Å². The van der Waals surface area contributed by atoms with E-state index in [1.165, 1.54) is 24.2 Å². The fraction of sp³-hybridized carbons (Fsp3) is 0.560. The van der Waals surface area contributed by atoms with Gasteiger partial charge in [-0.15, -0.1) is 21.5 Å². The molecule has 3 N–H and O–H groups in total. The number of benzene rings is 1. The predicted octanol–water partition coefficient (Wildman–Crippen LogP) is 3.80. The average Bonchev–Trinajstić information content (AvgIpc) is 3.28. The van der Waals surface area contributed by atoms with Gasteiger partial charge in [-0.05, 0) is 48.8 Å². The third-order valence-electron chi connectivity index (χ3n) is 8.21. The molecule has 10 nitrogen and oxygen atoms in total. The summed E-state index contributed by atoms with van der Waals surface area (Å²) >= 11 is 1.34. The van der Waals surface area contributed by atoms with Gasteiger partial charge in [-0.3, -0.25) is 0 Å². The maximum absolute atomic E-state index is 13.6. The van der Waals surface area contributed by atoms with Crippen LogP contribution in [0.3, 0.4) is 0 Å². The monoisotopic (exact) mass is 580 g/mol. The summed E-state index contributed by atoms with van der Waals surface area (Å²) in [6, 6.07) is 5.06. The Morgan fingerprint density at radius 2 is 1.69 bits per heavy atom. The summed E-state index contributed by atoms with van der Waals surface area (Å²) in [7, 11) is -4.02. The molecule has 2 aliphatic heterocycles. The second-order valence-corrected chi connectivity index (χ2v) is 13.4. The second-order valence-electron chi connectivity index (χ2n) is 10.8. The number of hydrogen-bond donors (Lipinski definition) is 2. The zero-order valence-corrected chi connectivity index (χ0v) is 22.9. The fourth-order valence-electron chi connectivity index (χ4n) is 5.46. The van der Waals surface area contributed by atoms with Gasteiger partial charge in [-0.1, -0.05) is 6.07 Å². The van der Waals surface area contributed by atoms with Crippen molar-refractivity contribution in [1.82, 2.24) is 15.2 Å². The van der Waals surface area contributed by atoms with Crippen LogP contribution < -0.4 is 14.9 Å². The lowest BCUT2D eigenvalue weighted by Crippen LogP contribution is -2.39. The molecule has 2 aromatic heterocycles. The number of sulfonamides is 1. The second kappa shape index (κ2) is 9.75. The number of rotatable bonds is 7. The average molecular weight is 581 g/mol. The van der Waals surface area contributed by atoms with Crippen LogP contribution in [0.4, 0.5) is 19.6 Å². The Labute approximate surface area is 228 Å². The summed E-state index contributed by atoms with van der Waals surface area (Å²) in [6.45, 7) is 1.44. The van der Waals surface area contributed by atoms with Crippen molar-refractivity contribution >= 4 is 32.2 Å². The van der Waals surface area contributed by atoms with E-state index in [2.05, 4.69) is 20.1 Å². The van der Waals surface area contributed by atoms with Gasteiger partial charge in [0.2, 0.25) is 15.9 Å². The Bertz CT molecular complexity index is 1450. The molecule has 4 heterocycles. The van der Waals surface area contributed by atoms with E-state index in [0.717, 1.165) is 31.6 Å². The van der Waals surface area contributed by atoms with Crippen molar-refractivity contribution in [3.05, 3.63) is 29.1 Å². The van der Waals surface area contributed by atoms with Gasteiger partial charge < -0.3 is 19.3 Å². The number of primary sulfonamides is 1. The first-order valence-corrected chi connectivity index (χ1v) is 15.5. The summed E-state index contributed by atoms with van der Waals surface area (Å²) in [5.74, 6) is -2.18. The Morgan fingerprint density at radius 1 is 1.03 bits per heavy atom. The number of piperidine rings is 2. The van der Waals surface area contributed by atoms with Gasteiger partial charge in [0.15, 0.2) is 5.13 Å². The van der Waals surface area contributed by atoms with Crippen LogP contribution in [0, 0.1) is 5.41 Å². The SMILES string of the molecule is NS(=O)(=O)C(CO)c1ccc(-c2nnc(-c3csc(N4CCC(F)(F)CC4)n3)o2)c(N2CCC3(CC2)CC3)c1. The highest BCUT2D eigenvalue weighted by Crippen LogP contribution is 2.54. The minimum Gasteiger partial charge on any atom is -0.414 e. The van der Waals surface area contributed by atoms with E-state index in [0.29, 0.717) is 27.4 Å². The van der Waals surface area contributed by atoms with Crippen molar-refractivity contribution in [3.8, 4) is 23.0 Å². The smallest absolute Gasteiger partial charge is 0.267 e. The third kappa shape index (κ3) is 5.39. The predicted molar refractivity (Wildman–Crippen MR) is 143 cm³/mol. The van der Waals surface area contributed by atoms with Gasteiger partial charge in [-0.2, -0.15) is 0 Å². The Balaban J connectivity index is 1.29. The van der Waals surface area contributed by atoms with Gasteiger partial charge in [0.25, 0.3) is 11.8 Å². The normalized spacial score (nSPS) is 21.3. The van der Waals surface area contributed by atoms with Crippen LogP contribution >= 0.6 is 11.3 Å². The summed E-state index contributed by atoms with van der Waals surface area (Å²) in [4.78, 5) is 8.58. The number of hydrogen-bond acceptors (Lipinski definition) is 10. The zero-order valence-electron chi connectivity index (χ0n) is 21.2. The summed E-state index contributed by atoms with van der Waals surface area (Å²) < 4.78 is 57.4. The molecule has 1 unspecified atom stereocenters. The fourth-order valence-corrected chi connectivity index (χ4v) is 7.04. The number of aliphatic hydroxyl groups excluding tert-OH is 1. The molecule has 2 saturated heterocycles. The third-order valence-corrected chi connectivity index (χ3v) is 10.3. The first kappa shape index (κ1) is 26.5. The van der Waals surface area contributed by atoms with Crippen LogP contribution in [0.25, 0.3) is 23.0 Å². The van der Waals surface area contributed by atoms with E-state index in [4.69, 9.17) is 9.56 Å². The van der Waals surface area contributed by atoms with E-state index in [-0.39, 0.29) is 37.7 Å². The quantitative estimate of drug-likeness (QED) is 0.427. The van der Waals surface area contributed by atoms with Crippen LogP contribution in [0.2, 0.25) is 0 Å². The number of aliphatic hydroxyl groups is 1. The van der Waals surface area contributed by atoms with E-state index >= 15 is 0 Å². The number of alkyl halides is 2. The molecule has 0 radical (unpaired) electrons. The molecule has 1 aliphatic carbocycles. The molecule has 1 spiro atoms. The first-order valence-electron chi connectivity index (χ1n) is 13.0. The number of thiazole rings is 1. The lowest BCUT2D eigenvalue weighted by atomic mass is 9.92. The molecule has 1 saturated carbocycles. The van der Waals surface area contributed by atoms with Gasteiger partial charge in [0.05, 0.1) is 12.2 Å². The van der Waals surface area contributed by atoms with E-state index < -0.39 is 27.8 Å². The molecule has 3 aliphatic rings. The number of anilines is 2. The highest BCUT2D eigenvalue weighted by Gasteiger charge is 2.45. The van der Waals surface area contributed by atoms with Gasteiger partial charge >= 0.3 is 0 Å². The van der Waals surface area contributed by atoms with Gasteiger partial charge in [0.1, 0.15) is 10.9 Å². The highest BCUT2D eigenvalue weighted by atomic mass is 32.2. The van der Waals surface area contributed by atoms with E-state index in [9.17, 15) is 22.3 Å². The Kier molecular flexibility index (Phi) is 6.63. The molecule has 1 aromatic carbocycles. The summed E-state index contributed by atoms with van der Waals surface area (Å²) in [5.41, 5.74) is 2.68. The van der Waals surface area contributed by atoms with Crippen LogP contribution in [0.5, 0.6) is 0 Å². The van der Waals surface area contributed by atoms with Crippen molar-refractivity contribution in [2.75, 3.05) is 42.6 Å². The van der Waals surface area contributed by atoms with Gasteiger partial charge in [-0.25, -0.2) is 27.3 Å². The number of aromatic nitrogens is 3. The topological polar surface area (TPSA) is 139 Å². The highest BCUT2D eigenvalue weighted by molar-refractivity contribution is 7.89. The van der Waals surface area contributed by atoms with Crippen LogP contribution in [0.1, 0.15) is 49.3 Å². The maximum Gasteiger partial charge on any atom is 0.267 e. The largest absolute Gasteiger partial charge is 0.414 e. The number of halogens is 2. The molecule has 14 heteroatoms. The molecular formula is C25H30F2N6O4S2. The summed E-state index contributed by atoms with van der Waals surface area (Å²) in [5, 5.41) is 24.8. The molecule has 210 valence electrons. The standard InChI is InChI=1S/C25H30F2N6O4S2/c26-25(27)7-11-33(12-8-25)23-29-18(15-38-23)22-31-30-21(37-22)17-2-1-16(20(14-34)39(28,35)36)13-19(17)32-9-5-24(3-4-24)6-10-32/h1-2,13,15,20,34H,3-12,14H2,(H2,28,35,36). The van der Waals surface area contributed by atoms with Crippen LogP contribution in [0.15, 0.2) is 28.0 Å². The van der Waals surface area contributed by atoms with E-state index in [1.54, 1.807) is 23.6 Å². The lowest BCUT2D eigenvalue weighted by molar-refractivity contribution is -0.0220. The van der Waals surface area contributed by atoms with Crippen LogP contribution in [-0.2, 0) is 10.0 Å². The zero-order chi connectivity index (χ0) is 27.4. The molecule has 3 fully saturated rings. The van der Waals surface area contributed by atoms with Crippen molar-refractivity contribution in [1.29, 1.82) is 0 Å². The molecule has 0 bridgehead atoms. The Hall–Kier alpha value is -2.68. The minimum absolute atomic E-state index is 0.203. The molecule has 6 rings (SSSR count). The molecule has 3 aromatic rings. The van der Waals surface area contributed by atoms with Crippen molar-refractivity contribution in [3.63, 3.8) is 0 Å². The Morgan fingerprint density at radius 3 is 2.33 bits per heavy atom. The first-order chi connectivity index (χ1) is 18.6. The molecular weight excluding hydrogens is 550 g/mol. The number of nitrogens with zero attached hydrogens (tertiary/aromatic N) is 5. The number of nitrogens with two attached hydrogens (primary N) is 1. The van der Waals surface area contributed by atoms with Crippen molar-refractivity contribution in [2.24, 2.45) is 10.6 Å². The van der Waals surface area contributed by atoms with E-state index in [1.807, 2.05) is 4.90 Å². The van der Waals surface area contributed by atoms with Crippen molar-refractivity contribution < 1.29 is 26.7 Å². The van der Waals surface area contributed by atoms with Crippen LogP contribution in [-0.4, -0.2) is 67.4 Å².